The molecule has 1 amide bonds. The molecular formula is C12H16ClNO3. The summed E-state index contributed by atoms with van der Waals surface area (Å²) in [6.45, 7) is 2.27. The molecule has 4 nitrogen and oxygen atoms in total. The number of nitrogens with zero attached hydrogens (tertiary/aromatic N) is 1. The van der Waals surface area contributed by atoms with E-state index in [9.17, 15) is 9.90 Å². The van der Waals surface area contributed by atoms with Crippen LogP contribution in [0.2, 0.25) is 0 Å². The van der Waals surface area contributed by atoms with Gasteiger partial charge in [0, 0.05) is 24.5 Å². The van der Waals surface area contributed by atoms with Crippen LogP contribution in [0.25, 0.3) is 0 Å². The van der Waals surface area contributed by atoms with Crippen LogP contribution in [0.4, 0.5) is 0 Å². The third-order valence-electron chi connectivity index (χ3n) is 2.30. The van der Waals surface area contributed by atoms with Crippen LogP contribution >= 0.6 is 11.6 Å². The van der Waals surface area contributed by atoms with Crippen LogP contribution in [-0.4, -0.2) is 42.0 Å². The van der Waals surface area contributed by atoms with Crippen LogP contribution in [0.15, 0.2) is 18.2 Å². The summed E-state index contributed by atoms with van der Waals surface area (Å²) in [4.78, 5) is 13.5. The van der Waals surface area contributed by atoms with Gasteiger partial charge >= 0.3 is 0 Å². The summed E-state index contributed by atoms with van der Waals surface area (Å²) < 4.78 is 4.91. The van der Waals surface area contributed by atoms with Gasteiger partial charge in [-0.1, -0.05) is 0 Å². The molecule has 5 heteroatoms. The zero-order valence-corrected chi connectivity index (χ0v) is 10.9. The molecule has 0 radical (unpaired) electrons. The van der Waals surface area contributed by atoms with E-state index >= 15 is 0 Å². The lowest BCUT2D eigenvalue weighted by Gasteiger charge is -2.18. The van der Waals surface area contributed by atoms with Crippen molar-refractivity contribution in [3.63, 3.8) is 0 Å². The largest absolute Gasteiger partial charge is 0.504 e. The molecule has 1 atom stereocenters. The second kappa shape index (κ2) is 5.77. The normalized spacial score (nSPS) is 12.0. The first-order chi connectivity index (χ1) is 7.95. The van der Waals surface area contributed by atoms with E-state index in [0.717, 1.165) is 0 Å². The summed E-state index contributed by atoms with van der Waals surface area (Å²) >= 11 is 5.82. The Hall–Kier alpha value is -1.42. The lowest BCUT2D eigenvalue weighted by molar-refractivity contribution is 0.0795. The van der Waals surface area contributed by atoms with Gasteiger partial charge in [-0.2, -0.15) is 0 Å². The molecule has 0 aliphatic carbocycles. The third kappa shape index (κ3) is 3.53. The molecule has 0 aliphatic rings. The quantitative estimate of drug-likeness (QED) is 0.841. The number of benzene rings is 1. The first-order valence-electron chi connectivity index (χ1n) is 5.22. The second-order valence-electron chi connectivity index (χ2n) is 3.85. The molecule has 1 aromatic carbocycles. The Morgan fingerprint density at radius 1 is 1.59 bits per heavy atom. The molecule has 0 heterocycles. The molecule has 1 N–H and O–H groups in total. The van der Waals surface area contributed by atoms with Crippen LogP contribution in [0.5, 0.6) is 11.5 Å². The summed E-state index contributed by atoms with van der Waals surface area (Å²) in [6, 6.07) is 4.55. The summed E-state index contributed by atoms with van der Waals surface area (Å²) in [5.41, 5.74) is 0.406. The predicted molar refractivity (Wildman–Crippen MR) is 66.9 cm³/mol. The number of hydrogen-bond acceptors (Lipinski definition) is 3. The predicted octanol–water partition coefficient (Wildman–Crippen LogP) is 2.10. The number of amides is 1. The molecule has 1 rings (SSSR count). The van der Waals surface area contributed by atoms with E-state index in [1.165, 1.54) is 18.1 Å². The van der Waals surface area contributed by atoms with E-state index in [1.807, 2.05) is 6.92 Å². The Kier molecular flexibility index (Phi) is 4.63. The standard InChI is InChI=1S/C12H16ClNO3/c1-8(13)7-14(2)12(16)9-4-5-11(17-3)10(15)6-9/h4-6,8,15H,7H2,1-3H3. The fourth-order valence-electron chi connectivity index (χ4n) is 1.50. The average molecular weight is 258 g/mol. The van der Waals surface area contributed by atoms with Crippen molar-refractivity contribution in [2.75, 3.05) is 20.7 Å². The van der Waals surface area contributed by atoms with Crippen LogP contribution in [-0.2, 0) is 0 Å². The molecule has 0 saturated carbocycles. The average Bonchev–Trinajstić information content (AvgIpc) is 2.27. The maximum atomic E-state index is 11.9. The summed E-state index contributed by atoms with van der Waals surface area (Å²) in [5, 5.41) is 9.47. The molecule has 0 spiro atoms. The van der Waals surface area contributed by atoms with E-state index in [4.69, 9.17) is 16.3 Å². The highest BCUT2D eigenvalue weighted by Crippen LogP contribution is 2.26. The zero-order valence-electron chi connectivity index (χ0n) is 10.1. The number of methoxy groups -OCH3 is 1. The van der Waals surface area contributed by atoms with Gasteiger partial charge in [0.05, 0.1) is 7.11 Å². The Balaban J connectivity index is 2.86. The minimum absolute atomic E-state index is 0.0503. The van der Waals surface area contributed by atoms with Gasteiger partial charge in [0.25, 0.3) is 5.91 Å². The fraction of sp³-hybridized carbons (Fsp3) is 0.417. The molecular weight excluding hydrogens is 242 g/mol. The van der Waals surface area contributed by atoms with Crippen molar-refractivity contribution in [3.8, 4) is 11.5 Å². The SMILES string of the molecule is COc1ccc(C(=O)N(C)CC(C)Cl)cc1O. The first-order valence-corrected chi connectivity index (χ1v) is 5.66. The zero-order chi connectivity index (χ0) is 13.0. The number of hydrogen-bond donors (Lipinski definition) is 1. The van der Waals surface area contributed by atoms with E-state index in [-0.39, 0.29) is 17.0 Å². The molecule has 0 saturated heterocycles. The van der Waals surface area contributed by atoms with Crippen molar-refractivity contribution in [3.05, 3.63) is 23.8 Å². The Morgan fingerprint density at radius 3 is 2.71 bits per heavy atom. The van der Waals surface area contributed by atoms with E-state index in [1.54, 1.807) is 19.2 Å². The highest BCUT2D eigenvalue weighted by Gasteiger charge is 2.15. The fourth-order valence-corrected chi connectivity index (χ4v) is 1.71. The van der Waals surface area contributed by atoms with Crippen LogP contribution < -0.4 is 4.74 Å². The van der Waals surface area contributed by atoms with Gasteiger partial charge in [-0.25, -0.2) is 0 Å². The van der Waals surface area contributed by atoms with Crippen molar-refractivity contribution < 1.29 is 14.6 Å². The number of alkyl halides is 1. The number of phenolic OH excluding ortho intramolecular Hbond substituents is 1. The van der Waals surface area contributed by atoms with Gasteiger partial charge in [0.1, 0.15) is 0 Å². The molecule has 0 aliphatic heterocycles. The summed E-state index contributed by atoms with van der Waals surface area (Å²) in [7, 11) is 3.13. The van der Waals surface area contributed by atoms with Gasteiger partial charge in [0.15, 0.2) is 11.5 Å². The maximum absolute atomic E-state index is 11.9. The number of phenols is 1. The highest BCUT2D eigenvalue weighted by molar-refractivity contribution is 6.20. The van der Waals surface area contributed by atoms with Gasteiger partial charge < -0.3 is 14.7 Å². The van der Waals surface area contributed by atoms with Gasteiger partial charge in [-0.05, 0) is 25.1 Å². The molecule has 1 unspecified atom stereocenters. The summed E-state index contributed by atoms with van der Waals surface area (Å²) in [5.74, 6) is 0.107. The van der Waals surface area contributed by atoms with Crippen molar-refractivity contribution in [1.29, 1.82) is 0 Å². The first kappa shape index (κ1) is 13.6. The second-order valence-corrected chi connectivity index (χ2v) is 4.60. The van der Waals surface area contributed by atoms with E-state index < -0.39 is 0 Å². The van der Waals surface area contributed by atoms with Crippen molar-refractivity contribution in [2.45, 2.75) is 12.3 Å². The highest BCUT2D eigenvalue weighted by atomic mass is 35.5. The topological polar surface area (TPSA) is 49.8 Å². The Bertz CT molecular complexity index is 407. The Labute approximate surface area is 106 Å². The number of rotatable bonds is 4. The molecule has 0 fully saturated rings. The van der Waals surface area contributed by atoms with Gasteiger partial charge in [-0.15, -0.1) is 11.6 Å². The van der Waals surface area contributed by atoms with Crippen LogP contribution in [0.3, 0.4) is 0 Å². The van der Waals surface area contributed by atoms with E-state index in [0.29, 0.717) is 17.9 Å². The monoisotopic (exact) mass is 257 g/mol. The van der Waals surface area contributed by atoms with Crippen molar-refractivity contribution in [1.82, 2.24) is 4.90 Å². The number of carbonyl (C=O) groups excluding carboxylic acids is 1. The Morgan fingerprint density at radius 2 is 2.24 bits per heavy atom. The van der Waals surface area contributed by atoms with Crippen LogP contribution in [0, 0.1) is 0 Å². The van der Waals surface area contributed by atoms with Crippen LogP contribution in [0.1, 0.15) is 17.3 Å². The smallest absolute Gasteiger partial charge is 0.253 e. The van der Waals surface area contributed by atoms with Gasteiger partial charge in [0.2, 0.25) is 0 Å². The number of ether oxygens (including phenoxy) is 1. The minimum atomic E-state index is -0.185. The molecule has 94 valence electrons. The molecule has 1 aromatic rings. The number of halogens is 1. The van der Waals surface area contributed by atoms with Crippen molar-refractivity contribution >= 4 is 17.5 Å². The van der Waals surface area contributed by atoms with Crippen molar-refractivity contribution in [2.24, 2.45) is 0 Å². The van der Waals surface area contributed by atoms with E-state index in [2.05, 4.69) is 0 Å². The van der Waals surface area contributed by atoms with Gasteiger partial charge in [-0.3, -0.25) is 4.79 Å². The maximum Gasteiger partial charge on any atom is 0.253 e. The number of carbonyl (C=O) groups is 1. The molecule has 17 heavy (non-hydrogen) atoms. The number of aromatic hydroxyl groups is 1. The molecule has 0 aromatic heterocycles. The minimum Gasteiger partial charge on any atom is -0.504 e. The lowest BCUT2D eigenvalue weighted by Crippen LogP contribution is -2.31. The third-order valence-corrected chi connectivity index (χ3v) is 2.44. The lowest BCUT2D eigenvalue weighted by atomic mass is 10.1. The summed E-state index contributed by atoms with van der Waals surface area (Å²) in [6.07, 6.45) is 0. The molecule has 0 bridgehead atoms.